The fourth-order valence-corrected chi connectivity index (χ4v) is 2.34. The van der Waals surface area contributed by atoms with Crippen LogP contribution in [0.4, 0.5) is 0 Å². The molecule has 0 amide bonds. The van der Waals surface area contributed by atoms with Gasteiger partial charge in [0.1, 0.15) is 0 Å². The summed E-state index contributed by atoms with van der Waals surface area (Å²) in [5.74, 6) is -0.433. The molecule has 14 heavy (non-hydrogen) atoms. The number of rotatable bonds is 3. The molecule has 0 radical (unpaired) electrons. The Morgan fingerprint density at radius 1 is 1.36 bits per heavy atom. The van der Waals surface area contributed by atoms with Gasteiger partial charge in [-0.15, -0.1) is 0 Å². The van der Waals surface area contributed by atoms with Crippen molar-refractivity contribution in [2.45, 2.75) is 25.8 Å². The van der Waals surface area contributed by atoms with Gasteiger partial charge in [-0.25, -0.2) is 0 Å². The molecule has 3 nitrogen and oxygen atoms in total. The van der Waals surface area contributed by atoms with E-state index < -0.39 is 5.97 Å². The first-order chi connectivity index (χ1) is 6.77. The van der Waals surface area contributed by atoms with Crippen LogP contribution in [0.5, 0.6) is 0 Å². The summed E-state index contributed by atoms with van der Waals surface area (Å²) in [5, 5.41) is 9.00. The van der Waals surface area contributed by atoms with Gasteiger partial charge in [-0.05, 0) is 30.9 Å². The zero-order valence-electron chi connectivity index (χ0n) is 8.10. The second-order valence-corrected chi connectivity index (χ2v) is 4.02. The Morgan fingerprint density at radius 3 is 2.71 bits per heavy atom. The number of hydrogen-bond donors (Lipinski definition) is 1. The van der Waals surface area contributed by atoms with E-state index in [0.717, 1.165) is 25.8 Å². The Labute approximate surface area is 83.4 Å². The van der Waals surface area contributed by atoms with Crippen LogP contribution in [0.1, 0.15) is 19.3 Å². The Morgan fingerprint density at radius 2 is 2.07 bits per heavy atom. The molecular formula is C11H15NO2. The predicted octanol–water partition coefficient (Wildman–Crippen LogP) is 1.99. The van der Waals surface area contributed by atoms with Crippen molar-refractivity contribution in [3.8, 4) is 0 Å². The third kappa shape index (κ3) is 1.81. The van der Waals surface area contributed by atoms with Gasteiger partial charge in [0.2, 0.25) is 0 Å². The quantitative estimate of drug-likeness (QED) is 0.797. The molecule has 1 heterocycles. The topological polar surface area (TPSA) is 42.2 Å². The summed E-state index contributed by atoms with van der Waals surface area (Å²) < 4.78 is 2.08. The molecule has 0 saturated heterocycles. The van der Waals surface area contributed by atoms with Crippen LogP contribution in [0.2, 0.25) is 0 Å². The summed E-state index contributed by atoms with van der Waals surface area (Å²) in [4.78, 5) is 10.9. The van der Waals surface area contributed by atoms with E-state index in [4.69, 9.17) is 5.11 Å². The van der Waals surface area contributed by atoms with Crippen LogP contribution >= 0.6 is 0 Å². The number of nitrogens with zero attached hydrogens (tertiary/aromatic N) is 1. The van der Waals surface area contributed by atoms with E-state index in [1.165, 1.54) is 0 Å². The molecule has 2 unspecified atom stereocenters. The first-order valence-corrected chi connectivity index (χ1v) is 5.11. The molecule has 1 aliphatic carbocycles. The summed E-state index contributed by atoms with van der Waals surface area (Å²) in [6, 6.07) is 3.95. The minimum atomic E-state index is -0.625. The molecule has 1 aromatic heterocycles. The van der Waals surface area contributed by atoms with Crippen LogP contribution in [-0.2, 0) is 11.3 Å². The summed E-state index contributed by atoms with van der Waals surface area (Å²) >= 11 is 0. The van der Waals surface area contributed by atoms with E-state index in [0.29, 0.717) is 5.92 Å². The van der Waals surface area contributed by atoms with Crippen molar-refractivity contribution in [1.82, 2.24) is 4.57 Å². The lowest BCUT2D eigenvalue weighted by atomic mass is 9.96. The number of hydrogen-bond acceptors (Lipinski definition) is 1. The number of aromatic nitrogens is 1. The summed E-state index contributed by atoms with van der Waals surface area (Å²) in [5.41, 5.74) is 0. The van der Waals surface area contributed by atoms with Gasteiger partial charge < -0.3 is 9.67 Å². The normalized spacial score (nSPS) is 26.6. The molecule has 1 fully saturated rings. The fraction of sp³-hybridized carbons (Fsp3) is 0.545. The molecule has 0 bridgehead atoms. The van der Waals surface area contributed by atoms with Gasteiger partial charge in [-0.2, -0.15) is 0 Å². The van der Waals surface area contributed by atoms with Crippen molar-refractivity contribution in [1.29, 1.82) is 0 Å². The molecule has 0 aliphatic heterocycles. The van der Waals surface area contributed by atoms with Gasteiger partial charge in [-0.3, -0.25) is 4.79 Å². The Hall–Kier alpha value is -1.25. The molecular weight excluding hydrogens is 178 g/mol. The lowest BCUT2D eigenvalue weighted by molar-refractivity contribution is -0.143. The molecule has 2 atom stereocenters. The molecule has 0 aromatic carbocycles. The van der Waals surface area contributed by atoms with Gasteiger partial charge in [0.15, 0.2) is 0 Å². The van der Waals surface area contributed by atoms with Crippen LogP contribution in [0, 0.1) is 11.8 Å². The predicted molar refractivity (Wildman–Crippen MR) is 52.9 cm³/mol. The van der Waals surface area contributed by atoms with Crippen LogP contribution < -0.4 is 0 Å². The van der Waals surface area contributed by atoms with Crippen molar-refractivity contribution >= 4 is 5.97 Å². The summed E-state index contributed by atoms with van der Waals surface area (Å²) in [7, 11) is 0. The van der Waals surface area contributed by atoms with Crippen molar-refractivity contribution in [3.63, 3.8) is 0 Å². The average Bonchev–Trinajstić information content (AvgIpc) is 2.75. The van der Waals surface area contributed by atoms with Crippen LogP contribution in [-0.4, -0.2) is 15.6 Å². The third-order valence-corrected chi connectivity index (χ3v) is 3.09. The summed E-state index contributed by atoms with van der Waals surface area (Å²) in [6.45, 7) is 0.851. The van der Waals surface area contributed by atoms with Crippen molar-refractivity contribution in [2.24, 2.45) is 11.8 Å². The van der Waals surface area contributed by atoms with Gasteiger partial charge in [0.25, 0.3) is 0 Å². The standard InChI is InChI=1S/C11H15NO2/c13-11(14)10-5-3-4-9(10)8-12-6-1-2-7-12/h1-2,6-7,9-10H,3-5,8H2,(H,13,14). The van der Waals surface area contributed by atoms with Gasteiger partial charge >= 0.3 is 5.97 Å². The maximum absolute atomic E-state index is 10.9. The second kappa shape index (κ2) is 3.86. The van der Waals surface area contributed by atoms with Crippen LogP contribution in [0.3, 0.4) is 0 Å². The first kappa shape index (κ1) is 9.31. The van der Waals surface area contributed by atoms with Crippen molar-refractivity contribution in [2.75, 3.05) is 0 Å². The van der Waals surface area contributed by atoms with E-state index >= 15 is 0 Å². The lowest BCUT2D eigenvalue weighted by Gasteiger charge is -2.16. The molecule has 2 rings (SSSR count). The maximum atomic E-state index is 10.9. The molecule has 3 heteroatoms. The highest BCUT2D eigenvalue weighted by molar-refractivity contribution is 5.70. The van der Waals surface area contributed by atoms with Crippen molar-refractivity contribution in [3.05, 3.63) is 24.5 Å². The molecule has 76 valence electrons. The highest BCUT2D eigenvalue weighted by Gasteiger charge is 2.32. The van der Waals surface area contributed by atoms with Gasteiger partial charge in [0.05, 0.1) is 5.92 Å². The van der Waals surface area contributed by atoms with E-state index in [1.54, 1.807) is 0 Å². The fourth-order valence-electron chi connectivity index (χ4n) is 2.34. The Bertz CT molecular complexity index is 305. The highest BCUT2D eigenvalue weighted by atomic mass is 16.4. The smallest absolute Gasteiger partial charge is 0.306 e. The third-order valence-electron chi connectivity index (χ3n) is 3.09. The van der Waals surface area contributed by atoms with Gasteiger partial charge in [-0.1, -0.05) is 6.42 Å². The number of carbonyl (C=O) groups is 1. The highest BCUT2D eigenvalue weighted by Crippen LogP contribution is 2.32. The molecule has 1 aromatic rings. The number of aliphatic carboxylic acids is 1. The minimum absolute atomic E-state index is 0.127. The van der Waals surface area contributed by atoms with E-state index in [2.05, 4.69) is 4.57 Å². The zero-order valence-corrected chi connectivity index (χ0v) is 8.10. The Kier molecular flexibility index (Phi) is 2.57. The molecule has 1 aliphatic rings. The zero-order chi connectivity index (χ0) is 9.97. The van der Waals surface area contributed by atoms with Gasteiger partial charge in [0, 0.05) is 18.9 Å². The van der Waals surface area contributed by atoms with Crippen LogP contribution in [0.15, 0.2) is 24.5 Å². The average molecular weight is 193 g/mol. The second-order valence-electron chi connectivity index (χ2n) is 4.02. The Balaban J connectivity index is 2.00. The lowest BCUT2D eigenvalue weighted by Crippen LogP contribution is -2.21. The number of carboxylic acids is 1. The minimum Gasteiger partial charge on any atom is -0.481 e. The maximum Gasteiger partial charge on any atom is 0.306 e. The molecule has 0 spiro atoms. The van der Waals surface area contributed by atoms with E-state index in [-0.39, 0.29) is 5.92 Å². The summed E-state index contributed by atoms with van der Waals surface area (Å²) in [6.07, 6.45) is 6.95. The SMILES string of the molecule is O=C(O)C1CCCC1Cn1cccc1. The largest absolute Gasteiger partial charge is 0.481 e. The van der Waals surface area contributed by atoms with E-state index in [9.17, 15) is 4.79 Å². The number of carboxylic acid groups (broad SMARTS) is 1. The van der Waals surface area contributed by atoms with Crippen molar-refractivity contribution < 1.29 is 9.90 Å². The monoisotopic (exact) mass is 193 g/mol. The van der Waals surface area contributed by atoms with E-state index in [1.807, 2.05) is 24.5 Å². The first-order valence-electron chi connectivity index (χ1n) is 5.11. The molecule has 1 saturated carbocycles. The molecule has 1 N–H and O–H groups in total. The van der Waals surface area contributed by atoms with Crippen LogP contribution in [0.25, 0.3) is 0 Å².